The zero-order chi connectivity index (χ0) is 26.6. The van der Waals surface area contributed by atoms with Crippen LogP contribution in [0.25, 0.3) is 6.08 Å². The van der Waals surface area contributed by atoms with Crippen molar-refractivity contribution in [3.05, 3.63) is 95.1 Å². The lowest BCUT2D eigenvalue weighted by molar-refractivity contribution is -0.0499. The van der Waals surface area contributed by atoms with Crippen molar-refractivity contribution in [2.75, 3.05) is 14.2 Å². The molecule has 0 spiro atoms. The van der Waals surface area contributed by atoms with E-state index in [1.807, 2.05) is 48.5 Å². The summed E-state index contributed by atoms with van der Waals surface area (Å²) in [6.45, 7) is -2.98. The number of rotatable bonds is 7. The molecule has 5 rings (SSSR count). The molecule has 0 saturated heterocycles. The molecule has 3 aromatic rings. The molecule has 0 N–H and O–H groups in total. The highest BCUT2D eigenvalue weighted by atomic mass is 19.3. The van der Waals surface area contributed by atoms with Gasteiger partial charge in [0.05, 0.1) is 26.0 Å². The van der Waals surface area contributed by atoms with Crippen LogP contribution in [0.3, 0.4) is 0 Å². The maximum Gasteiger partial charge on any atom is 0.387 e. The van der Waals surface area contributed by atoms with E-state index < -0.39 is 6.61 Å². The van der Waals surface area contributed by atoms with Crippen LogP contribution in [0.5, 0.6) is 17.2 Å². The van der Waals surface area contributed by atoms with Crippen molar-refractivity contribution in [2.45, 2.75) is 31.9 Å². The fourth-order valence-electron chi connectivity index (χ4n) is 5.14. The summed E-state index contributed by atoms with van der Waals surface area (Å²) in [5.74, 6) is 1.03. The number of carbonyl (C=O) groups excluding carboxylic acids is 1. The van der Waals surface area contributed by atoms with Gasteiger partial charge in [-0.1, -0.05) is 30.3 Å². The lowest BCUT2D eigenvalue weighted by atomic mass is 9.77. The molecule has 196 valence electrons. The minimum atomic E-state index is -2.98. The summed E-state index contributed by atoms with van der Waals surface area (Å²) in [6.07, 6.45) is 4.78. The minimum absolute atomic E-state index is 0.00825. The van der Waals surface area contributed by atoms with E-state index >= 15 is 0 Å². The van der Waals surface area contributed by atoms with Gasteiger partial charge < -0.3 is 14.2 Å². The molecule has 1 saturated carbocycles. The molecule has 8 heteroatoms. The van der Waals surface area contributed by atoms with Gasteiger partial charge in [-0.05, 0) is 84.5 Å². The van der Waals surface area contributed by atoms with Gasteiger partial charge in [0.15, 0.2) is 0 Å². The molecule has 38 heavy (non-hydrogen) atoms. The zero-order valence-corrected chi connectivity index (χ0v) is 21.1. The topological polar surface area (TPSA) is 60.4 Å². The fraction of sp³-hybridized carbons (Fsp3) is 0.267. The van der Waals surface area contributed by atoms with Crippen molar-refractivity contribution in [1.29, 1.82) is 0 Å². The minimum Gasteiger partial charge on any atom is -0.497 e. The number of carbonyl (C=O) groups is 1. The van der Waals surface area contributed by atoms with Gasteiger partial charge in [0.1, 0.15) is 17.2 Å². The maximum atomic E-state index is 13.8. The number of benzene rings is 3. The first-order valence-corrected chi connectivity index (χ1v) is 12.4. The van der Waals surface area contributed by atoms with Gasteiger partial charge >= 0.3 is 6.61 Å². The van der Waals surface area contributed by atoms with E-state index in [9.17, 15) is 13.6 Å². The highest BCUT2D eigenvalue weighted by Crippen LogP contribution is 2.45. The predicted molar refractivity (Wildman–Crippen MR) is 141 cm³/mol. The van der Waals surface area contributed by atoms with Crippen LogP contribution in [-0.2, 0) is 0 Å². The molecule has 0 aromatic heterocycles. The van der Waals surface area contributed by atoms with Gasteiger partial charge in [0, 0.05) is 11.5 Å². The largest absolute Gasteiger partial charge is 0.497 e. The number of allylic oxidation sites excluding steroid dienone is 1. The summed E-state index contributed by atoms with van der Waals surface area (Å²) in [5.41, 5.74) is 4.13. The van der Waals surface area contributed by atoms with Crippen molar-refractivity contribution in [1.82, 2.24) is 5.01 Å². The average molecular weight is 519 g/mol. The monoisotopic (exact) mass is 518 g/mol. The third-order valence-electron chi connectivity index (χ3n) is 6.93. The Morgan fingerprint density at radius 1 is 0.974 bits per heavy atom. The van der Waals surface area contributed by atoms with Gasteiger partial charge in [0.25, 0.3) is 5.91 Å². The van der Waals surface area contributed by atoms with E-state index in [0.717, 1.165) is 47.4 Å². The predicted octanol–water partition coefficient (Wildman–Crippen LogP) is 6.74. The Morgan fingerprint density at radius 2 is 1.66 bits per heavy atom. The number of alkyl halides is 2. The molecule has 1 fully saturated rings. The number of nitrogens with zero attached hydrogens (tertiary/aromatic N) is 2. The van der Waals surface area contributed by atoms with Crippen LogP contribution in [0, 0.1) is 5.92 Å². The van der Waals surface area contributed by atoms with Crippen molar-refractivity contribution in [2.24, 2.45) is 11.0 Å². The summed E-state index contributed by atoms with van der Waals surface area (Å²) in [5, 5.41) is 6.37. The summed E-state index contributed by atoms with van der Waals surface area (Å²) >= 11 is 0. The Balaban J connectivity index is 1.54. The second kappa shape index (κ2) is 11.0. The first-order chi connectivity index (χ1) is 18.5. The Labute approximate surface area is 220 Å². The summed E-state index contributed by atoms with van der Waals surface area (Å²) in [6, 6.07) is 20.9. The van der Waals surface area contributed by atoms with E-state index in [0.29, 0.717) is 5.75 Å². The fourth-order valence-corrected chi connectivity index (χ4v) is 5.14. The number of halogens is 2. The molecule has 2 aliphatic rings. The van der Waals surface area contributed by atoms with Crippen molar-refractivity contribution in [3.63, 3.8) is 0 Å². The van der Waals surface area contributed by atoms with Crippen molar-refractivity contribution >= 4 is 17.7 Å². The molecule has 6 nitrogen and oxygen atoms in total. The van der Waals surface area contributed by atoms with E-state index in [1.165, 1.54) is 23.2 Å². The standard InChI is InChI=1S/C30H28F2N2O4/c1-36-23-13-9-19(10-14-23)17-21-5-4-8-26-27(21)33-34(28(26)20-11-15-24(37-2)16-12-20)29(35)22-6-3-7-25(18-22)38-30(31)32/h3,6-7,9-18,26,28,30H,4-5,8H2,1-2H3. The molecule has 1 aliphatic heterocycles. The number of ether oxygens (including phenoxy) is 3. The van der Waals surface area contributed by atoms with Crippen molar-refractivity contribution in [3.8, 4) is 17.2 Å². The highest BCUT2D eigenvalue weighted by Gasteiger charge is 2.44. The van der Waals surface area contributed by atoms with E-state index in [-0.39, 0.29) is 29.2 Å². The molecule has 0 radical (unpaired) electrons. The van der Waals surface area contributed by atoms with E-state index in [4.69, 9.17) is 14.6 Å². The third-order valence-corrected chi connectivity index (χ3v) is 6.93. The van der Waals surface area contributed by atoms with E-state index in [2.05, 4.69) is 10.8 Å². The Bertz CT molecular complexity index is 1350. The quantitative estimate of drug-likeness (QED) is 0.348. The van der Waals surface area contributed by atoms with Gasteiger partial charge in [-0.3, -0.25) is 4.79 Å². The third kappa shape index (κ3) is 5.25. The lowest BCUT2D eigenvalue weighted by Gasteiger charge is -2.29. The van der Waals surface area contributed by atoms with Gasteiger partial charge in [-0.2, -0.15) is 13.9 Å². The average Bonchev–Trinajstić information content (AvgIpc) is 3.33. The number of hydrogen-bond acceptors (Lipinski definition) is 5. The number of hydrogen-bond donors (Lipinski definition) is 0. The molecule has 1 amide bonds. The number of fused-ring (bicyclic) bond motifs is 1. The molecule has 1 heterocycles. The summed E-state index contributed by atoms with van der Waals surface area (Å²) < 4.78 is 40.7. The second-order valence-corrected chi connectivity index (χ2v) is 9.20. The number of amides is 1. The summed E-state index contributed by atoms with van der Waals surface area (Å²) in [4.78, 5) is 13.8. The lowest BCUT2D eigenvalue weighted by Crippen LogP contribution is -2.32. The SMILES string of the molecule is COc1ccc(C=C2CCCC3C2=NN(C(=O)c2cccc(OC(F)F)c2)C3c2ccc(OC)cc2)cc1. The second-order valence-electron chi connectivity index (χ2n) is 9.20. The maximum absolute atomic E-state index is 13.8. The molecule has 0 bridgehead atoms. The first-order valence-electron chi connectivity index (χ1n) is 12.4. The molecule has 3 aromatic carbocycles. The zero-order valence-electron chi connectivity index (χ0n) is 21.1. The number of methoxy groups -OCH3 is 2. The van der Waals surface area contributed by atoms with Crippen LogP contribution in [0.1, 0.15) is 46.8 Å². The molecule has 2 atom stereocenters. The molecular weight excluding hydrogens is 490 g/mol. The number of hydrazone groups is 1. The first kappa shape index (κ1) is 25.4. The van der Waals surface area contributed by atoms with Gasteiger partial charge in [-0.25, -0.2) is 5.01 Å². The van der Waals surface area contributed by atoms with Crippen molar-refractivity contribution < 1.29 is 27.8 Å². The Hall–Kier alpha value is -4.20. The molecule has 2 unspecified atom stereocenters. The van der Waals surface area contributed by atoms with Crippen LogP contribution >= 0.6 is 0 Å². The van der Waals surface area contributed by atoms with E-state index in [1.54, 1.807) is 20.3 Å². The van der Waals surface area contributed by atoms with Gasteiger partial charge in [-0.15, -0.1) is 0 Å². The van der Waals surface area contributed by atoms with Crippen LogP contribution in [0.4, 0.5) is 8.78 Å². The Morgan fingerprint density at radius 3 is 2.32 bits per heavy atom. The highest BCUT2D eigenvalue weighted by molar-refractivity contribution is 6.09. The van der Waals surface area contributed by atoms with Gasteiger partial charge in [0.2, 0.25) is 0 Å². The smallest absolute Gasteiger partial charge is 0.387 e. The van der Waals surface area contributed by atoms with Crippen LogP contribution in [-0.4, -0.2) is 37.5 Å². The van der Waals surface area contributed by atoms with Crippen LogP contribution < -0.4 is 14.2 Å². The molecular formula is C30H28F2N2O4. The molecule has 1 aliphatic carbocycles. The Kier molecular flexibility index (Phi) is 7.40. The normalized spacial score (nSPS) is 19.8. The summed E-state index contributed by atoms with van der Waals surface area (Å²) in [7, 11) is 3.24. The van der Waals surface area contributed by atoms with Crippen LogP contribution in [0.15, 0.2) is 83.5 Å². The van der Waals surface area contributed by atoms with Crippen LogP contribution in [0.2, 0.25) is 0 Å².